The topological polar surface area (TPSA) is 9.23 Å². The van der Waals surface area contributed by atoms with Crippen LogP contribution in [0.4, 0.5) is 0 Å². The molecular weight excluding hydrogens is 268 g/mol. The molecule has 0 aromatic heterocycles. The fraction of sp³-hybridized carbons (Fsp3) is 0.222. The van der Waals surface area contributed by atoms with E-state index in [0.717, 1.165) is 12.2 Å². The predicted octanol–water partition coefficient (Wildman–Crippen LogP) is 5.31. The molecule has 102 valence electrons. The number of benzene rings is 3. The van der Waals surface area contributed by atoms with Gasteiger partial charge in [0.1, 0.15) is 5.75 Å². The quantitative estimate of drug-likeness (QED) is 0.358. The van der Waals surface area contributed by atoms with Gasteiger partial charge < -0.3 is 4.74 Å². The Balaban J connectivity index is 2.24. The van der Waals surface area contributed by atoms with Gasteiger partial charge in [0.25, 0.3) is 0 Å². The number of fused-ring (bicyclic) bond motifs is 2. The largest absolute Gasteiger partial charge is 0.492 e. The van der Waals surface area contributed by atoms with Crippen molar-refractivity contribution in [2.75, 3.05) is 12.5 Å². The average molecular weight is 285 g/mol. The molecule has 0 spiro atoms. The molecule has 0 N–H and O–H groups in total. The minimum atomic E-state index is 0.627. The van der Waals surface area contributed by atoms with E-state index in [2.05, 4.69) is 55.5 Å². The fourth-order valence-electron chi connectivity index (χ4n) is 2.52. The van der Waals surface area contributed by atoms with Crippen molar-refractivity contribution in [3.8, 4) is 5.75 Å². The molecule has 0 aliphatic heterocycles. The second-order valence-corrected chi connectivity index (χ2v) is 5.42. The van der Waals surface area contributed by atoms with E-state index in [9.17, 15) is 0 Å². The normalized spacial score (nSPS) is 11.1. The average Bonchev–Trinajstić information content (AvgIpc) is 2.47. The third-order valence-electron chi connectivity index (χ3n) is 3.49. The van der Waals surface area contributed by atoms with E-state index in [0.29, 0.717) is 12.5 Å². The van der Waals surface area contributed by atoms with E-state index < -0.39 is 0 Å². The minimum absolute atomic E-state index is 0.627. The van der Waals surface area contributed by atoms with Gasteiger partial charge in [0.2, 0.25) is 0 Å². The van der Waals surface area contributed by atoms with Crippen molar-refractivity contribution in [2.45, 2.75) is 13.3 Å². The maximum atomic E-state index is 6.04. The van der Waals surface area contributed by atoms with Crippen LogP contribution in [0.25, 0.3) is 21.5 Å². The van der Waals surface area contributed by atoms with E-state index in [4.69, 9.17) is 16.3 Å². The number of hydrogen-bond acceptors (Lipinski definition) is 1. The molecule has 2 heteroatoms. The van der Waals surface area contributed by atoms with Crippen LogP contribution in [-0.2, 0) is 0 Å². The molecule has 0 fully saturated rings. The number of rotatable bonds is 4. The molecule has 0 saturated heterocycles. The molecular formula is C18H17ClO. The van der Waals surface area contributed by atoms with E-state index in [1.165, 1.54) is 27.1 Å². The number of alkyl halides is 1. The predicted molar refractivity (Wildman–Crippen MR) is 87.0 cm³/mol. The monoisotopic (exact) mass is 284 g/mol. The fourth-order valence-corrected chi connectivity index (χ4v) is 2.63. The lowest BCUT2D eigenvalue weighted by Gasteiger charge is -2.13. The molecule has 0 unspecified atom stereocenters. The molecule has 20 heavy (non-hydrogen) atoms. The highest BCUT2D eigenvalue weighted by Crippen LogP contribution is 2.35. The Hall–Kier alpha value is -1.73. The molecule has 0 aliphatic carbocycles. The van der Waals surface area contributed by atoms with Crippen LogP contribution >= 0.6 is 11.6 Å². The van der Waals surface area contributed by atoms with Gasteiger partial charge >= 0.3 is 0 Å². The highest BCUT2D eigenvalue weighted by atomic mass is 35.5. The van der Waals surface area contributed by atoms with Crippen molar-refractivity contribution in [3.63, 3.8) is 0 Å². The van der Waals surface area contributed by atoms with Gasteiger partial charge in [-0.05, 0) is 36.2 Å². The molecule has 3 rings (SSSR count). The molecule has 3 aromatic rings. The van der Waals surface area contributed by atoms with E-state index in [-0.39, 0.29) is 0 Å². The zero-order valence-corrected chi connectivity index (χ0v) is 12.3. The number of hydrogen-bond donors (Lipinski definition) is 0. The lowest BCUT2D eigenvalue weighted by Crippen LogP contribution is -1.99. The van der Waals surface area contributed by atoms with E-state index in [1.807, 2.05) is 0 Å². The van der Waals surface area contributed by atoms with Crippen LogP contribution in [0.2, 0.25) is 0 Å². The molecule has 0 radical (unpaired) electrons. The van der Waals surface area contributed by atoms with Gasteiger partial charge in [0, 0.05) is 16.7 Å². The maximum Gasteiger partial charge on any atom is 0.134 e. The van der Waals surface area contributed by atoms with Gasteiger partial charge in [-0.15, -0.1) is 11.6 Å². The Morgan fingerprint density at radius 1 is 0.950 bits per heavy atom. The summed E-state index contributed by atoms with van der Waals surface area (Å²) in [5.74, 6) is 1.61. The van der Waals surface area contributed by atoms with Gasteiger partial charge in [-0.1, -0.05) is 42.0 Å². The van der Waals surface area contributed by atoms with Crippen LogP contribution in [0.15, 0.2) is 48.5 Å². The summed E-state index contributed by atoms with van der Waals surface area (Å²) in [5, 5.41) is 4.78. The molecule has 0 atom stereocenters. The smallest absolute Gasteiger partial charge is 0.134 e. The van der Waals surface area contributed by atoms with Crippen molar-refractivity contribution in [2.24, 2.45) is 0 Å². The summed E-state index contributed by atoms with van der Waals surface area (Å²) < 4.78 is 6.04. The Morgan fingerprint density at radius 2 is 1.75 bits per heavy atom. The van der Waals surface area contributed by atoms with Gasteiger partial charge in [0.15, 0.2) is 0 Å². The first kappa shape index (κ1) is 13.3. The van der Waals surface area contributed by atoms with Crippen molar-refractivity contribution in [1.82, 2.24) is 0 Å². The zero-order valence-electron chi connectivity index (χ0n) is 11.5. The second kappa shape index (κ2) is 5.72. The highest BCUT2D eigenvalue weighted by Gasteiger charge is 2.08. The van der Waals surface area contributed by atoms with Crippen molar-refractivity contribution in [1.29, 1.82) is 0 Å². The Labute approximate surface area is 124 Å². The van der Waals surface area contributed by atoms with Crippen LogP contribution in [0, 0.1) is 6.92 Å². The SMILES string of the molecule is Cc1ccc2cc3ccccc3c(OCCCCl)c2c1. The first-order valence-corrected chi connectivity index (χ1v) is 7.44. The van der Waals surface area contributed by atoms with Crippen molar-refractivity contribution in [3.05, 3.63) is 54.1 Å². The highest BCUT2D eigenvalue weighted by molar-refractivity contribution is 6.17. The Kier molecular flexibility index (Phi) is 3.79. The summed E-state index contributed by atoms with van der Waals surface area (Å²) in [4.78, 5) is 0. The molecule has 0 heterocycles. The second-order valence-electron chi connectivity index (χ2n) is 5.04. The lowest BCUT2D eigenvalue weighted by molar-refractivity contribution is 0.325. The summed E-state index contributed by atoms with van der Waals surface area (Å²) in [5.41, 5.74) is 1.25. The van der Waals surface area contributed by atoms with E-state index in [1.54, 1.807) is 0 Å². The molecule has 0 saturated carbocycles. The van der Waals surface area contributed by atoms with Crippen LogP contribution in [-0.4, -0.2) is 12.5 Å². The summed E-state index contributed by atoms with van der Waals surface area (Å²) in [7, 11) is 0. The van der Waals surface area contributed by atoms with Gasteiger partial charge in [-0.2, -0.15) is 0 Å². The van der Waals surface area contributed by atoms with Crippen molar-refractivity contribution < 1.29 is 4.74 Å². The van der Waals surface area contributed by atoms with Gasteiger partial charge in [-0.3, -0.25) is 0 Å². The van der Waals surface area contributed by atoms with Crippen molar-refractivity contribution >= 4 is 33.1 Å². The Morgan fingerprint density at radius 3 is 2.60 bits per heavy atom. The molecule has 0 aliphatic rings. The van der Waals surface area contributed by atoms with Crippen LogP contribution < -0.4 is 4.74 Å². The number of ether oxygens (including phenoxy) is 1. The molecule has 0 bridgehead atoms. The van der Waals surface area contributed by atoms with Crippen LogP contribution in [0.5, 0.6) is 5.75 Å². The summed E-state index contributed by atoms with van der Waals surface area (Å²) in [6.45, 7) is 2.76. The van der Waals surface area contributed by atoms with Gasteiger partial charge in [-0.25, -0.2) is 0 Å². The first-order valence-electron chi connectivity index (χ1n) is 6.90. The third-order valence-corrected chi connectivity index (χ3v) is 3.76. The minimum Gasteiger partial charge on any atom is -0.492 e. The number of aryl methyl sites for hydroxylation is 1. The standard InChI is InChI=1S/C18H17ClO/c1-13-7-8-15-12-14-5-2-3-6-16(14)18(17(15)11-13)20-10-4-9-19/h2-3,5-8,11-12H,4,9-10H2,1H3. The van der Waals surface area contributed by atoms with Crippen LogP contribution in [0.3, 0.4) is 0 Å². The zero-order chi connectivity index (χ0) is 13.9. The van der Waals surface area contributed by atoms with E-state index >= 15 is 0 Å². The first-order chi connectivity index (χ1) is 9.79. The number of halogens is 1. The lowest BCUT2D eigenvalue weighted by atomic mass is 10.0. The maximum absolute atomic E-state index is 6.04. The van der Waals surface area contributed by atoms with Crippen LogP contribution in [0.1, 0.15) is 12.0 Å². The summed E-state index contributed by atoms with van der Waals surface area (Å²) in [6, 6.07) is 17.1. The summed E-state index contributed by atoms with van der Waals surface area (Å²) >= 11 is 5.75. The Bertz CT molecular complexity index is 749. The molecule has 3 aromatic carbocycles. The molecule has 0 amide bonds. The molecule has 1 nitrogen and oxygen atoms in total. The third kappa shape index (κ3) is 2.46. The summed E-state index contributed by atoms with van der Waals surface area (Å²) in [6.07, 6.45) is 0.859. The van der Waals surface area contributed by atoms with Gasteiger partial charge in [0.05, 0.1) is 6.61 Å².